The first-order valence-corrected chi connectivity index (χ1v) is 9.98. The van der Waals surface area contributed by atoms with Crippen molar-refractivity contribution in [1.29, 1.82) is 0 Å². The highest BCUT2D eigenvalue weighted by atomic mass is 16.3. The molecule has 4 aromatic carbocycles. The van der Waals surface area contributed by atoms with Crippen molar-refractivity contribution in [1.82, 2.24) is 0 Å². The van der Waals surface area contributed by atoms with Crippen LogP contribution in [0.25, 0.3) is 0 Å². The van der Waals surface area contributed by atoms with E-state index in [-0.39, 0.29) is 50.6 Å². The summed E-state index contributed by atoms with van der Waals surface area (Å²) in [4.78, 5) is 39.3. The van der Waals surface area contributed by atoms with Crippen LogP contribution in [0.3, 0.4) is 0 Å². The number of carbonyl (C=O) groups excluding carboxylic acids is 3. The van der Waals surface area contributed by atoms with Crippen molar-refractivity contribution < 1.29 is 29.7 Å². The second-order valence-electron chi connectivity index (χ2n) is 7.43. The van der Waals surface area contributed by atoms with Crippen LogP contribution in [-0.2, 0) is 0 Å². The Kier molecular flexibility index (Phi) is 5.74. The molecule has 4 rings (SSSR count). The Balaban J connectivity index is 1.81. The van der Waals surface area contributed by atoms with Gasteiger partial charge >= 0.3 is 0 Å². The lowest BCUT2D eigenvalue weighted by Gasteiger charge is -2.10. The van der Waals surface area contributed by atoms with Gasteiger partial charge in [-0.05, 0) is 91.0 Å². The first-order valence-electron chi connectivity index (χ1n) is 9.98. The van der Waals surface area contributed by atoms with Crippen molar-refractivity contribution in [3.63, 3.8) is 0 Å². The van der Waals surface area contributed by atoms with E-state index in [0.29, 0.717) is 0 Å². The molecule has 0 aliphatic heterocycles. The maximum atomic E-state index is 13.1. The fourth-order valence-electron chi connectivity index (χ4n) is 3.36. The van der Waals surface area contributed by atoms with E-state index in [1.54, 1.807) is 0 Å². The van der Waals surface area contributed by atoms with Crippen LogP contribution in [0, 0.1) is 0 Å². The molecule has 6 nitrogen and oxygen atoms in total. The molecule has 0 aromatic heterocycles. The Hall–Kier alpha value is -4.71. The monoisotopic (exact) mass is 438 g/mol. The highest BCUT2D eigenvalue weighted by Crippen LogP contribution is 2.22. The summed E-state index contributed by atoms with van der Waals surface area (Å²) in [5.74, 6) is -1.25. The Morgan fingerprint density at radius 1 is 0.364 bits per heavy atom. The molecule has 0 aliphatic carbocycles. The van der Waals surface area contributed by atoms with Crippen LogP contribution < -0.4 is 0 Å². The fraction of sp³-hybridized carbons (Fsp3) is 0. The fourth-order valence-corrected chi connectivity index (χ4v) is 3.36. The summed E-state index contributed by atoms with van der Waals surface area (Å²) in [6.07, 6.45) is 0. The van der Waals surface area contributed by atoms with Gasteiger partial charge in [-0.25, -0.2) is 0 Å². The molecule has 4 aromatic rings. The summed E-state index contributed by atoms with van der Waals surface area (Å²) in [6.45, 7) is 0. The lowest BCUT2D eigenvalue weighted by atomic mass is 9.92. The van der Waals surface area contributed by atoms with E-state index < -0.39 is 17.3 Å². The van der Waals surface area contributed by atoms with Crippen molar-refractivity contribution in [3.8, 4) is 17.2 Å². The molecule has 0 radical (unpaired) electrons. The third kappa shape index (κ3) is 4.65. The first-order chi connectivity index (χ1) is 15.8. The zero-order valence-electron chi connectivity index (χ0n) is 17.2. The van der Waals surface area contributed by atoms with E-state index in [4.69, 9.17) is 0 Å². The van der Waals surface area contributed by atoms with Gasteiger partial charge in [0.05, 0.1) is 0 Å². The van der Waals surface area contributed by atoms with Gasteiger partial charge in [-0.15, -0.1) is 0 Å². The van der Waals surface area contributed by atoms with E-state index in [9.17, 15) is 29.7 Å². The van der Waals surface area contributed by atoms with Crippen LogP contribution in [0.15, 0.2) is 91.0 Å². The van der Waals surface area contributed by atoms with Crippen LogP contribution in [0.1, 0.15) is 47.8 Å². The number of phenolic OH excluding ortho intramolecular Hbond substituents is 3. The van der Waals surface area contributed by atoms with Crippen LogP contribution in [0.4, 0.5) is 0 Å². The van der Waals surface area contributed by atoms with Gasteiger partial charge in [-0.1, -0.05) is 0 Å². The van der Waals surface area contributed by atoms with Crippen LogP contribution >= 0.6 is 0 Å². The number of hydrogen-bond acceptors (Lipinski definition) is 6. The number of ketones is 3. The second-order valence-corrected chi connectivity index (χ2v) is 7.43. The van der Waals surface area contributed by atoms with E-state index in [1.807, 2.05) is 0 Å². The van der Waals surface area contributed by atoms with E-state index in [0.717, 1.165) is 0 Å². The minimum absolute atomic E-state index is 0.00556. The Bertz CT molecular complexity index is 1170. The quantitative estimate of drug-likeness (QED) is 0.382. The zero-order valence-corrected chi connectivity index (χ0v) is 17.2. The Labute approximate surface area is 189 Å². The van der Waals surface area contributed by atoms with E-state index in [2.05, 4.69) is 0 Å². The van der Waals surface area contributed by atoms with Gasteiger partial charge in [0.25, 0.3) is 0 Å². The van der Waals surface area contributed by atoms with Gasteiger partial charge in [0, 0.05) is 33.4 Å². The standard InChI is InChI=1S/C27H18O6/c28-22-7-1-16(2-8-22)25(31)19-13-20(26(32)17-3-9-23(29)10-4-17)15-21(14-19)27(33)18-5-11-24(30)12-6-18/h1-15,28-30H. The van der Waals surface area contributed by atoms with Crippen LogP contribution in [-0.4, -0.2) is 32.7 Å². The molecular formula is C27H18O6. The summed E-state index contributed by atoms with van der Waals surface area (Å²) < 4.78 is 0. The summed E-state index contributed by atoms with van der Waals surface area (Å²) in [5.41, 5.74) is 1.24. The number of carbonyl (C=O) groups is 3. The largest absolute Gasteiger partial charge is 0.508 e. The molecule has 6 heteroatoms. The highest BCUT2D eigenvalue weighted by molar-refractivity contribution is 6.17. The molecule has 0 unspecified atom stereocenters. The third-order valence-electron chi connectivity index (χ3n) is 5.11. The Morgan fingerprint density at radius 3 is 0.788 bits per heavy atom. The normalized spacial score (nSPS) is 10.5. The van der Waals surface area contributed by atoms with Gasteiger partial charge in [-0.3, -0.25) is 14.4 Å². The Morgan fingerprint density at radius 2 is 0.576 bits per heavy atom. The average Bonchev–Trinajstić information content (AvgIpc) is 2.84. The van der Waals surface area contributed by atoms with Crippen LogP contribution in [0.5, 0.6) is 17.2 Å². The number of aromatic hydroxyl groups is 3. The lowest BCUT2D eigenvalue weighted by Crippen LogP contribution is -2.10. The SMILES string of the molecule is O=C(c1ccc(O)cc1)c1cc(C(=O)c2ccc(O)cc2)cc(C(=O)c2ccc(O)cc2)c1. The maximum Gasteiger partial charge on any atom is 0.193 e. The summed E-state index contributed by atoms with van der Waals surface area (Å²) in [7, 11) is 0. The third-order valence-corrected chi connectivity index (χ3v) is 5.11. The number of hydrogen-bond donors (Lipinski definition) is 3. The minimum atomic E-state index is -0.421. The zero-order chi connectivity index (χ0) is 23.5. The molecule has 0 aliphatic rings. The van der Waals surface area contributed by atoms with Crippen LogP contribution in [0.2, 0.25) is 0 Å². The molecule has 0 atom stereocenters. The van der Waals surface area contributed by atoms with Gasteiger partial charge < -0.3 is 15.3 Å². The molecular weight excluding hydrogens is 420 g/mol. The first kappa shape index (κ1) is 21.5. The number of rotatable bonds is 6. The minimum Gasteiger partial charge on any atom is -0.508 e. The van der Waals surface area contributed by atoms with Gasteiger partial charge in [0.1, 0.15) is 17.2 Å². The molecule has 0 bridgehead atoms. The van der Waals surface area contributed by atoms with Crippen molar-refractivity contribution >= 4 is 17.3 Å². The second kappa shape index (κ2) is 8.80. The number of benzene rings is 4. The van der Waals surface area contributed by atoms with Gasteiger partial charge in [0.15, 0.2) is 17.3 Å². The predicted octanol–water partition coefficient (Wildman–Crippen LogP) is 4.50. The maximum absolute atomic E-state index is 13.1. The lowest BCUT2D eigenvalue weighted by molar-refractivity contribution is 0.103. The van der Waals surface area contributed by atoms with Crippen molar-refractivity contribution in [2.24, 2.45) is 0 Å². The average molecular weight is 438 g/mol. The van der Waals surface area contributed by atoms with Gasteiger partial charge in [-0.2, -0.15) is 0 Å². The van der Waals surface area contributed by atoms with E-state index in [1.165, 1.54) is 91.0 Å². The summed E-state index contributed by atoms with van der Waals surface area (Å²) in [6, 6.07) is 21.2. The molecule has 0 saturated carbocycles. The van der Waals surface area contributed by atoms with Crippen molar-refractivity contribution in [3.05, 3.63) is 124 Å². The molecule has 3 N–H and O–H groups in total. The molecule has 0 spiro atoms. The predicted molar refractivity (Wildman–Crippen MR) is 121 cm³/mol. The summed E-state index contributed by atoms with van der Waals surface area (Å²) >= 11 is 0. The van der Waals surface area contributed by atoms with Gasteiger partial charge in [0.2, 0.25) is 0 Å². The molecule has 0 amide bonds. The molecule has 0 saturated heterocycles. The van der Waals surface area contributed by atoms with E-state index >= 15 is 0 Å². The van der Waals surface area contributed by atoms with Crippen molar-refractivity contribution in [2.45, 2.75) is 0 Å². The molecule has 162 valence electrons. The molecule has 0 heterocycles. The smallest absolute Gasteiger partial charge is 0.193 e. The summed E-state index contributed by atoms with van der Waals surface area (Å²) in [5, 5.41) is 28.5. The highest BCUT2D eigenvalue weighted by Gasteiger charge is 2.19. The topological polar surface area (TPSA) is 112 Å². The van der Waals surface area contributed by atoms with Crippen molar-refractivity contribution in [2.75, 3.05) is 0 Å². The molecule has 0 fully saturated rings. The molecule has 33 heavy (non-hydrogen) atoms. The number of phenols is 3.